The highest BCUT2D eigenvalue weighted by atomic mass is 16.5. The smallest absolute Gasteiger partial charge is 0.333 e. The number of aliphatic hydroxyl groups excluding tert-OH is 1. The molecule has 4 nitrogen and oxygen atoms in total. The SMILES string of the molecule is COC(=O)[C@H](CO)N=C(c1ccccc1)c1ccccc1. The van der Waals surface area contributed by atoms with Gasteiger partial charge in [-0.05, 0) is 0 Å². The minimum absolute atomic E-state index is 0.393. The summed E-state index contributed by atoms with van der Waals surface area (Å²) in [6, 6.07) is 18.2. The van der Waals surface area contributed by atoms with Gasteiger partial charge in [0.1, 0.15) is 0 Å². The summed E-state index contributed by atoms with van der Waals surface area (Å²) in [7, 11) is 1.28. The summed E-state index contributed by atoms with van der Waals surface area (Å²) in [4.78, 5) is 16.0. The molecule has 0 fully saturated rings. The third kappa shape index (κ3) is 3.77. The maximum absolute atomic E-state index is 11.7. The number of ether oxygens (including phenoxy) is 1. The highest BCUT2D eigenvalue weighted by Crippen LogP contribution is 2.12. The summed E-state index contributed by atoms with van der Waals surface area (Å²) in [6.45, 7) is -0.393. The van der Waals surface area contributed by atoms with Crippen LogP contribution >= 0.6 is 0 Å². The van der Waals surface area contributed by atoms with E-state index in [4.69, 9.17) is 0 Å². The van der Waals surface area contributed by atoms with Crippen LogP contribution in [-0.2, 0) is 9.53 Å². The van der Waals surface area contributed by atoms with E-state index >= 15 is 0 Å². The van der Waals surface area contributed by atoms with Crippen molar-refractivity contribution in [2.75, 3.05) is 13.7 Å². The Labute approximate surface area is 123 Å². The number of hydrogen-bond donors (Lipinski definition) is 1. The second-order valence-electron chi connectivity index (χ2n) is 4.43. The molecule has 2 aromatic carbocycles. The first-order valence-electron chi connectivity index (χ1n) is 6.63. The molecule has 2 aromatic rings. The fourth-order valence-corrected chi connectivity index (χ4v) is 1.97. The minimum Gasteiger partial charge on any atom is -0.467 e. The average molecular weight is 283 g/mol. The highest BCUT2D eigenvalue weighted by molar-refractivity contribution is 6.13. The summed E-state index contributed by atoms with van der Waals surface area (Å²) < 4.78 is 4.67. The van der Waals surface area contributed by atoms with Crippen molar-refractivity contribution in [3.63, 3.8) is 0 Å². The Morgan fingerprint density at radius 2 is 1.52 bits per heavy atom. The Balaban J connectivity index is 2.48. The topological polar surface area (TPSA) is 58.9 Å². The molecule has 1 atom stereocenters. The number of benzene rings is 2. The van der Waals surface area contributed by atoms with Gasteiger partial charge in [0.15, 0.2) is 6.04 Å². The molecule has 0 aliphatic rings. The molecule has 2 rings (SSSR count). The van der Waals surface area contributed by atoms with Crippen LogP contribution in [0.2, 0.25) is 0 Å². The summed E-state index contributed by atoms with van der Waals surface area (Å²) in [6.07, 6.45) is 0. The zero-order valence-corrected chi connectivity index (χ0v) is 11.8. The number of carbonyl (C=O) groups is 1. The number of nitrogens with zero attached hydrogens (tertiary/aromatic N) is 1. The molecule has 0 aliphatic heterocycles. The van der Waals surface area contributed by atoms with Gasteiger partial charge in [-0.3, -0.25) is 4.99 Å². The fraction of sp³-hybridized carbons (Fsp3) is 0.176. The second kappa shape index (κ2) is 7.36. The van der Waals surface area contributed by atoms with Crippen molar-refractivity contribution >= 4 is 11.7 Å². The van der Waals surface area contributed by atoms with Gasteiger partial charge in [0.2, 0.25) is 0 Å². The molecular formula is C17H17NO3. The number of carbonyl (C=O) groups excluding carboxylic acids is 1. The van der Waals surface area contributed by atoms with Crippen LogP contribution < -0.4 is 0 Å². The van der Waals surface area contributed by atoms with Crippen LogP contribution in [-0.4, -0.2) is 36.5 Å². The van der Waals surface area contributed by atoms with Gasteiger partial charge in [-0.15, -0.1) is 0 Å². The van der Waals surface area contributed by atoms with E-state index in [0.29, 0.717) is 5.71 Å². The molecule has 0 saturated carbocycles. The number of methoxy groups -OCH3 is 1. The van der Waals surface area contributed by atoms with Crippen LogP contribution in [0.3, 0.4) is 0 Å². The Bertz CT molecular complexity index is 567. The van der Waals surface area contributed by atoms with E-state index in [0.717, 1.165) is 11.1 Å². The van der Waals surface area contributed by atoms with E-state index in [1.165, 1.54) is 7.11 Å². The average Bonchev–Trinajstić information content (AvgIpc) is 2.57. The van der Waals surface area contributed by atoms with Crippen LogP contribution in [0, 0.1) is 0 Å². The van der Waals surface area contributed by atoms with Crippen molar-refractivity contribution in [2.24, 2.45) is 4.99 Å². The zero-order valence-electron chi connectivity index (χ0n) is 11.8. The first-order valence-corrected chi connectivity index (χ1v) is 6.63. The molecule has 4 heteroatoms. The monoisotopic (exact) mass is 283 g/mol. The highest BCUT2D eigenvalue weighted by Gasteiger charge is 2.19. The predicted molar refractivity (Wildman–Crippen MR) is 81.4 cm³/mol. The quantitative estimate of drug-likeness (QED) is 0.675. The number of esters is 1. The fourth-order valence-electron chi connectivity index (χ4n) is 1.97. The van der Waals surface area contributed by atoms with Crippen LogP contribution in [0.15, 0.2) is 65.7 Å². The maximum atomic E-state index is 11.7. The summed E-state index contributed by atoms with van der Waals surface area (Å²) >= 11 is 0. The molecule has 0 heterocycles. The van der Waals surface area contributed by atoms with Gasteiger partial charge in [0.05, 0.1) is 19.4 Å². The molecular weight excluding hydrogens is 266 g/mol. The van der Waals surface area contributed by atoms with E-state index < -0.39 is 18.6 Å². The predicted octanol–water partition coefficient (Wildman–Crippen LogP) is 2.06. The van der Waals surface area contributed by atoms with E-state index in [2.05, 4.69) is 9.73 Å². The zero-order chi connectivity index (χ0) is 15.1. The molecule has 0 radical (unpaired) electrons. The van der Waals surface area contributed by atoms with Crippen LogP contribution in [0.25, 0.3) is 0 Å². The lowest BCUT2D eigenvalue weighted by molar-refractivity contribution is -0.142. The van der Waals surface area contributed by atoms with Crippen molar-refractivity contribution in [1.82, 2.24) is 0 Å². The lowest BCUT2D eigenvalue weighted by Crippen LogP contribution is -2.26. The number of aliphatic hydroxyl groups is 1. The third-order valence-corrected chi connectivity index (χ3v) is 3.03. The van der Waals surface area contributed by atoms with Crippen molar-refractivity contribution in [3.8, 4) is 0 Å². The number of rotatable bonds is 5. The van der Waals surface area contributed by atoms with E-state index in [1.807, 2.05) is 60.7 Å². The normalized spacial score (nSPS) is 11.5. The van der Waals surface area contributed by atoms with Gasteiger partial charge in [0, 0.05) is 11.1 Å². The molecule has 21 heavy (non-hydrogen) atoms. The first-order chi connectivity index (χ1) is 10.3. The molecule has 0 amide bonds. The standard InChI is InChI=1S/C17H17NO3/c1-21-17(20)15(12-19)18-16(13-8-4-2-5-9-13)14-10-6-3-7-11-14/h2-11,15,19H,12H2,1H3/t15-/m0/s1. The third-order valence-electron chi connectivity index (χ3n) is 3.03. The largest absolute Gasteiger partial charge is 0.467 e. The minimum atomic E-state index is -0.926. The van der Waals surface area contributed by atoms with Crippen molar-refractivity contribution < 1.29 is 14.6 Å². The van der Waals surface area contributed by atoms with Gasteiger partial charge in [-0.2, -0.15) is 0 Å². The van der Waals surface area contributed by atoms with Crippen molar-refractivity contribution in [2.45, 2.75) is 6.04 Å². The summed E-state index contributed by atoms with van der Waals surface area (Å²) in [5.74, 6) is -0.554. The maximum Gasteiger partial charge on any atom is 0.333 e. The van der Waals surface area contributed by atoms with Crippen LogP contribution in [0.5, 0.6) is 0 Å². The van der Waals surface area contributed by atoms with E-state index in [9.17, 15) is 9.90 Å². The van der Waals surface area contributed by atoms with Gasteiger partial charge in [-0.25, -0.2) is 4.79 Å². The van der Waals surface area contributed by atoms with Gasteiger partial charge in [-0.1, -0.05) is 60.7 Å². The molecule has 108 valence electrons. The lowest BCUT2D eigenvalue weighted by atomic mass is 10.0. The molecule has 0 aliphatic carbocycles. The summed E-state index contributed by atoms with van der Waals surface area (Å²) in [5.41, 5.74) is 2.41. The van der Waals surface area contributed by atoms with Gasteiger partial charge in [0.25, 0.3) is 0 Å². The van der Waals surface area contributed by atoms with Gasteiger partial charge < -0.3 is 9.84 Å². The molecule has 0 unspecified atom stereocenters. The van der Waals surface area contributed by atoms with Crippen LogP contribution in [0.4, 0.5) is 0 Å². The first kappa shape index (κ1) is 14.9. The number of aliphatic imine (C=N–C) groups is 1. The molecule has 0 bridgehead atoms. The lowest BCUT2D eigenvalue weighted by Gasteiger charge is -2.12. The number of hydrogen-bond acceptors (Lipinski definition) is 4. The van der Waals surface area contributed by atoms with Gasteiger partial charge >= 0.3 is 5.97 Å². The molecule has 0 aromatic heterocycles. The Hall–Kier alpha value is -2.46. The molecule has 1 N–H and O–H groups in total. The summed E-state index contributed by atoms with van der Waals surface area (Å²) in [5, 5.41) is 9.36. The molecule has 0 saturated heterocycles. The van der Waals surface area contributed by atoms with E-state index in [1.54, 1.807) is 0 Å². The Kier molecular flexibility index (Phi) is 5.23. The van der Waals surface area contributed by atoms with E-state index in [-0.39, 0.29) is 0 Å². The Morgan fingerprint density at radius 1 is 1.05 bits per heavy atom. The Morgan fingerprint density at radius 3 is 1.90 bits per heavy atom. The molecule has 0 spiro atoms. The second-order valence-corrected chi connectivity index (χ2v) is 4.43. The van der Waals surface area contributed by atoms with Crippen LogP contribution in [0.1, 0.15) is 11.1 Å². The van der Waals surface area contributed by atoms with Crippen molar-refractivity contribution in [1.29, 1.82) is 0 Å². The van der Waals surface area contributed by atoms with Crippen molar-refractivity contribution in [3.05, 3.63) is 71.8 Å².